The summed E-state index contributed by atoms with van der Waals surface area (Å²) in [6, 6.07) is 69.2. The van der Waals surface area contributed by atoms with E-state index in [1.807, 2.05) is 48.5 Å². The fourth-order valence-electron chi connectivity index (χ4n) is 7.42. The van der Waals surface area contributed by atoms with Crippen molar-refractivity contribution in [2.75, 3.05) is 0 Å². The van der Waals surface area contributed by atoms with E-state index in [2.05, 4.69) is 152 Å². The molecule has 4 nitrogen and oxygen atoms in total. The van der Waals surface area contributed by atoms with Crippen LogP contribution < -0.4 is 0 Å². The molecular formula is C51H33N3O. The number of benzene rings is 8. The summed E-state index contributed by atoms with van der Waals surface area (Å²) >= 11 is 0. The summed E-state index contributed by atoms with van der Waals surface area (Å²) in [5.41, 5.74) is 13.0. The Morgan fingerprint density at radius 3 is 1.24 bits per heavy atom. The highest BCUT2D eigenvalue weighted by molar-refractivity contribution is 6.13. The Labute approximate surface area is 319 Å². The van der Waals surface area contributed by atoms with Crippen LogP contribution in [0.5, 0.6) is 0 Å². The Morgan fingerprint density at radius 1 is 0.255 bits per heavy atom. The van der Waals surface area contributed by atoms with Crippen molar-refractivity contribution in [1.29, 1.82) is 0 Å². The van der Waals surface area contributed by atoms with E-state index in [0.29, 0.717) is 17.5 Å². The predicted molar refractivity (Wildman–Crippen MR) is 225 cm³/mol. The molecule has 0 saturated carbocycles. The number of aromatic nitrogens is 3. The van der Waals surface area contributed by atoms with Crippen LogP contribution in [0.3, 0.4) is 0 Å². The third-order valence-electron chi connectivity index (χ3n) is 10.1. The maximum absolute atomic E-state index is 6.88. The molecule has 0 N–H and O–H groups in total. The lowest BCUT2D eigenvalue weighted by Crippen LogP contribution is -2.00. The molecular weight excluding hydrogens is 671 g/mol. The van der Waals surface area contributed by atoms with E-state index < -0.39 is 0 Å². The predicted octanol–water partition coefficient (Wildman–Crippen LogP) is 13.4. The molecule has 0 fully saturated rings. The third-order valence-corrected chi connectivity index (χ3v) is 10.1. The van der Waals surface area contributed by atoms with Crippen molar-refractivity contribution in [2.45, 2.75) is 0 Å². The number of nitrogens with zero attached hydrogens (tertiary/aromatic N) is 3. The number of hydrogen-bond donors (Lipinski definition) is 0. The first-order valence-corrected chi connectivity index (χ1v) is 18.4. The smallest absolute Gasteiger partial charge is 0.164 e. The Kier molecular flexibility index (Phi) is 8.12. The molecule has 0 radical (unpaired) electrons. The van der Waals surface area contributed by atoms with Crippen LogP contribution in [-0.2, 0) is 0 Å². The topological polar surface area (TPSA) is 51.8 Å². The molecule has 0 aliphatic rings. The first-order chi connectivity index (χ1) is 27.2. The van der Waals surface area contributed by atoms with Gasteiger partial charge in [0.25, 0.3) is 0 Å². The minimum atomic E-state index is 0.594. The van der Waals surface area contributed by atoms with Crippen LogP contribution in [0.15, 0.2) is 205 Å². The van der Waals surface area contributed by atoms with Gasteiger partial charge in [-0.3, -0.25) is 0 Å². The second-order valence-electron chi connectivity index (χ2n) is 13.6. The van der Waals surface area contributed by atoms with Gasteiger partial charge in [0.1, 0.15) is 11.2 Å². The summed E-state index contributed by atoms with van der Waals surface area (Å²) in [5, 5.41) is 2.16. The van der Waals surface area contributed by atoms with Gasteiger partial charge in [-0.1, -0.05) is 176 Å². The number of fused-ring (bicyclic) bond motifs is 3. The van der Waals surface area contributed by atoms with Crippen LogP contribution >= 0.6 is 0 Å². The fraction of sp³-hybridized carbons (Fsp3) is 0. The van der Waals surface area contributed by atoms with Crippen LogP contribution in [0, 0.1) is 0 Å². The zero-order valence-electron chi connectivity index (χ0n) is 29.8. The molecule has 8 aromatic carbocycles. The summed E-state index contributed by atoms with van der Waals surface area (Å²) in [7, 11) is 0. The average Bonchev–Trinajstić information content (AvgIpc) is 3.67. The highest BCUT2D eigenvalue weighted by atomic mass is 16.3. The maximum Gasteiger partial charge on any atom is 0.164 e. The van der Waals surface area contributed by atoms with E-state index in [1.165, 1.54) is 0 Å². The largest absolute Gasteiger partial charge is 0.455 e. The van der Waals surface area contributed by atoms with Crippen molar-refractivity contribution < 1.29 is 4.42 Å². The lowest BCUT2D eigenvalue weighted by atomic mass is 9.94. The molecule has 0 spiro atoms. The summed E-state index contributed by atoms with van der Waals surface area (Å²) < 4.78 is 6.88. The second kappa shape index (κ2) is 13.8. The van der Waals surface area contributed by atoms with E-state index >= 15 is 0 Å². The lowest BCUT2D eigenvalue weighted by molar-refractivity contribution is 0.671. The highest BCUT2D eigenvalue weighted by Crippen LogP contribution is 2.42. The molecule has 0 saturated heterocycles. The van der Waals surface area contributed by atoms with Crippen molar-refractivity contribution in [3.05, 3.63) is 200 Å². The first-order valence-electron chi connectivity index (χ1n) is 18.4. The maximum atomic E-state index is 6.88. The molecule has 55 heavy (non-hydrogen) atoms. The molecule has 0 aliphatic heterocycles. The van der Waals surface area contributed by atoms with Crippen LogP contribution in [0.4, 0.5) is 0 Å². The normalized spacial score (nSPS) is 11.3. The van der Waals surface area contributed by atoms with E-state index in [4.69, 9.17) is 19.4 Å². The van der Waals surface area contributed by atoms with Gasteiger partial charge in [0.15, 0.2) is 17.5 Å². The third kappa shape index (κ3) is 6.16. The lowest BCUT2D eigenvalue weighted by Gasteiger charge is -2.13. The second-order valence-corrected chi connectivity index (χ2v) is 13.6. The van der Waals surface area contributed by atoms with Crippen LogP contribution in [-0.4, -0.2) is 15.0 Å². The molecule has 10 aromatic rings. The van der Waals surface area contributed by atoms with E-state index in [-0.39, 0.29) is 0 Å². The minimum absolute atomic E-state index is 0.594. The summed E-state index contributed by atoms with van der Waals surface area (Å²) in [6.07, 6.45) is 0. The van der Waals surface area contributed by atoms with Gasteiger partial charge < -0.3 is 4.42 Å². The Morgan fingerprint density at radius 2 is 0.636 bits per heavy atom. The molecule has 0 amide bonds. The van der Waals surface area contributed by atoms with Crippen molar-refractivity contribution in [3.63, 3.8) is 0 Å². The van der Waals surface area contributed by atoms with Gasteiger partial charge >= 0.3 is 0 Å². The molecule has 0 atom stereocenters. The molecule has 10 rings (SSSR count). The summed E-state index contributed by atoms with van der Waals surface area (Å²) in [4.78, 5) is 15.4. The Bertz CT molecular complexity index is 2960. The fourth-order valence-corrected chi connectivity index (χ4v) is 7.42. The number of rotatable bonds is 7. The van der Waals surface area contributed by atoms with Gasteiger partial charge in [0.2, 0.25) is 0 Å². The van der Waals surface area contributed by atoms with Gasteiger partial charge in [0.05, 0.1) is 0 Å². The molecule has 0 aliphatic carbocycles. The highest BCUT2D eigenvalue weighted by Gasteiger charge is 2.19. The van der Waals surface area contributed by atoms with Gasteiger partial charge in [-0.25, -0.2) is 15.0 Å². The monoisotopic (exact) mass is 703 g/mol. The van der Waals surface area contributed by atoms with E-state index in [0.717, 1.165) is 83.1 Å². The Balaban J connectivity index is 1.19. The van der Waals surface area contributed by atoms with E-state index in [1.54, 1.807) is 0 Å². The van der Waals surface area contributed by atoms with Crippen molar-refractivity contribution >= 4 is 21.9 Å². The molecule has 4 heteroatoms. The van der Waals surface area contributed by atoms with Gasteiger partial charge in [-0.2, -0.15) is 0 Å². The summed E-state index contributed by atoms with van der Waals surface area (Å²) in [6.45, 7) is 0. The molecule has 258 valence electrons. The first kappa shape index (κ1) is 32.2. The Hall–Kier alpha value is -7.43. The van der Waals surface area contributed by atoms with Crippen molar-refractivity contribution in [2.24, 2.45) is 0 Å². The number of para-hydroxylation sites is 2. The van der Waals surface area contributed by atoms with Crippen molar-refractivity contribution in [1.82, 2.24) is 15.0 Å². The quantitative estimate of drug-likeness (QED) is 0.166. The molecule has 2 heterocycles. The number of hydrogen-bond acceptors (Lipinski definition) is 4. The average molecular weight is 704 g/mol. The SMILES string of the molecule is c1ccc(-c2cccc(-c3nc(-c4ccccc4)nc(-c4cc(-c5ccccc5)cc(-c5cccc6c5oc5c(-c7ccccc7)cccc56)c4)n3)c2)cc1. The van der Waals surface area contributed by atoms with Crippen molar-refractivity contribution in [3.8, 4) is 78.7 Å². The van der Waals surface area contributed by atoms with Gasteiger partial charge in [-0.15, -0.1) is 0 Å². The zero-order valence-corrected chi connectivity index (χ0v) is 29.8. The van der Waals surface area contributed by atoms with Crippen LogP contribution in [0.1, 0.15) is 0 Å². The minimum Gasteiger partial charge on any atom is -0.455 e. The zero-order chi connectivity index (χ0) is 36.6. The molecule has 0 unspecified atom stereocenters. The molecule has 0 bridgehead atoms. The van der Waals surface area contributed by atoms with Crippen LogP contribution in [0.25, 0.3) is 101 Å². The van der Waals surface area contributed by atoms with Gasteiger partial charge in [-0.05, 0) is 57.6 Å². The van der Waals surface area contributed by atoms with Crippen LogP contribution in [0.2, 0.25) is 0 Å². The molecule has 2 aromatic heterocycles. The summed E-state index contributed by atoms with van der Waals surface area (Å²) in [5.74, 6) is 1.82. The van der Waals surface area contributed by atoms with E-state index in [9.17, 15) is 0 Å². The number of furan rings is 1. The standard InChI is InChI=1S/C51H33N3O/c1-5-16-34(17-6-1)38-24-13-25-39(30-38)50-52-49(37-22-11-4-12-23-37)53-51(54-50)42-32-40(35-18-7-2-8-19-35)31-41(33-42)44-27-15-29-46-45-28-14-26-43(47(45)55-48(44)46)36-20-9-3-10-21-36/h1-33H. The van der Waals surface area contributed by atoms with Gasteiger partial charge in [0, 0.05) is 38.6 Å².